The molecule has 2 aliphatic rings. The summed E-state index contributed by atoms with van der Waals surface area (Å²) in [4.78, 5) is 15.5. The largest absolute Gasteiger partial charge is 0.312 e. The van der Waals surface area contributed by atoms with Crippen molar-refractivity contribution in [1.29, 1.82) is 0 Å². The number of carbonyl (C=O) groups is 1. The summed E-state index contributed by atoms with van der Waals surface area (Å²) in [6.45, 7) is 2.24. The summed E-state index contributed by atoms with van der Waals surface area (Å²) in [5, 5.41) is 0. The van der Waals surface area contributed by atoms with Gasteiger partial charge in [0.25, 0.3) is 0 Å². The predicted octanol–water partition coefficient (Wildman–Crippen LogP) is 2.25. The van der Waals surface area contributed by atoms with Gasteiger partial charge in [-0.3, -0.25) is 4.79 Å². The summed E-state index contributed by atoms with van der Waals surface area (Å²) in [6, 6.07) is 10.9. The maximum absolute atomic E-state index is 13.9. The topological polar surface area (TPSA) is 60.9 Å². The number of sulfonamides is 1. The number of anilines is 1. The van der Waals surface area contributed by atoms with Crippen molar-refractivity contribution in [2.75, 3.05) is 44.2 Å². The van der Waals surface area contributed by atoms with Crippen LogP contribution in [0.1, 0.15) is 12.0 Å². The highest BCUT2D eigenvalue weighted by molar-refractivity contribution is 7.89. The average molecular weight is 435 g/mol. The first kappa shape index (κ1) is 20.9. The molecule has 0 aliphatic carbocycles. The van der Waals surface area contributed by atoms with Gasteiger partial charge in [-0.2, -0.15) is 4.31 Å². The first-order valence-electron chi connectivity index (χ1n) is 9.93. The monoisotopic (exact) mass is 435 g/mol. The molecule has 2 aliphatic heterocycles. The molecule has 0 radical (unpaired) electrons. The van der Waals surface area contributed by atoms with E-state index in [2.05, 4.69) is 0 Å². The molecule has 2 heterocycles. The van der Waals surface area contributed by atoms with Crippen molar-refractivity contribution in [3.63, 3.8) is 0 Å². The molecule has 6 nitrogen and oxygen atoms in total. The third-order valence-corrected chi connectivity index (χ3v) is 7.63. The van der Waals surface area contributed by atoms with E-state index in [9.17, 15) is 22.0 Å². The van der Waals surface area contributed by atoms with E-state index in [1.54, 1.807) is 4.90 Å². The molecular weight excluding hydrogens is 412 g/mol. The Hall–Kier alpha value is -2.36. The maximum atomic E-state index is 13.9. The zero-order valence-corrected chi connectivity index (χ0v) is 17.2. The highest BCUT2D eigenvalue weighted by atomic mass is 32.2. The molecule has 1 fully saturated rings. The number of halogens is 2. The first-order valence-corrected chi connectivity index (χ1v) is 11.4. The van der Waals surface area contributed by atoms with Gasteiger partial charge >= 0.3 is 0 Å². The van der Waals surface area contributed by atoms with Crippen LogP contribution in [0.4, 0.5) is 14.5 Å². The summed E-state index contributed by atoms with van der Waals surface area (Å²) in [6.07, 6.45) is 1.19. The van der Waals surface area contributed by atoms with Crippen LogP contribution >= 0.6 is 0 Å². The Morgan fingerprint density at radius 2 is 1.57 bits per heavy atom. The highest BCUT2D eigenvalue weighted by Crippen LogP contribution is 2.28. The Morgan fingerprint density at radius 1 is 0.900 bits per heavy atom. The van der Waals surface area contributed by atoms with E-state index in [-0.39, 0.29) is 19.0 Å². The van der Waals surface area contributed by atoms with Gasteiger partial charge in [-0.15, -0.1) is 0 Å². The van der Waals surface area contributed by atoms with Crippen molar-refractivity contribution in [3.8, 4) is 0 Å². The zero-order chi connectivity index (χ0) is 21.3. The molecule has 0 saturated carbocycles. The summed E-state index contributed by atoms with van der Waals surface area (Å²) >= 11 is 0. The fourth-order valence-corrected chi connectivity index (χ4v) is 5.57. The van der Waals surface area contributed by atoms with Crippen LogP contribution in [0.2, 0.25) is 0 Å². The van der Waals surface area contributed by atoms with E-state index in [0.717, 1.165) is 34.6 Å². The van der Waals surface area contributed by atoms with E-state index in [4.69, 9.17) is 0 Å². The number of amides is 1. The van der Waals surface area contributed by atoms with Crippen LogP contribution in [0.15, 0.2) is 47.4 Å². The predicted molar refractivity (Wildman–Crippen MR) is 109 cm³/mol. The van der Waals surface area contributed by atoms with E-state index in [1.807, 2.05) is 29.2 Å². The fraction of sp³-hybridized carbons (Fsp3) is 0.381. The Bertz CT molecular complexity index is 1030. The smallest absolute Gasteiger partial charge is 0.249 e. The minimum atomic E-state index is -4.24. The SMILES string of the molecule is O=C(CCN1CCN(S(=O)(=O)c2c(F)cccc2F)CC1)N1CCc2ccccc21. The standard InChI is InChI=1S/C21H23F2N3O3S/c22-17-5-3-6-18(23)21(17)30(28,29)25-14-12-24(13-15-25)10-9-20(27)26-11-8-16-4-1-2-7-19(16)26/h1-7H,8-15H2. The lowest BCUT2D eigenvalue weighted by molar-refractivity contribution is -0.118. The summed E-state index contributed by atoms with van der Waals surface area (Å²) in [7, 11) is -4.24. The van der Waals surface area contributed by atoms with Crippen LogP contribution in [0.25, 0.3) is 0 Å². The van der Waals surface area contributed by atoms with Gasteiger partial charge in [0.15, 0.2) is 4.90 Å². The van der Waals surface area contributed by atoms with Crippen molar-refractivity contribution in [3.05, 3.63) is 59.7 Å². The lowest BCUT2D eigenvalue weighted by Crippen LogP contribution is -2.49. The van der Waals surface area contributed by atoms with Gasteiger partial charge in [0.1, 0.15) is 11.6 Å². The Kier molecular flexibility index (Phi) is 5.86. The molecule has 0 bridgehead atoms. The number of nitrogens with zero attached hydrogens (tertiary/aromatic N) is 3. The molecule has 0 N–H and O–H groups in total. The molecule has 160 valence electrons. The van der Waals surface area contributed by atoms with Gasteiger partial charge in [-0.1, -0.05) is 24.3 Å². The first-order chi connectivity index (χ1) is 14.4. The number of hydrogen-bond donors (Lipinski definition) is 0. The number of fused-ring (bicyclic) bond motifs is 1. The number of hydrogen-bond acceptors (Lipinski definition) is 4. The van der Waals surface area contributed by atoms with E-state index in [1.165, 1.54) is 5.56 Å². The highest BCUT2D eigenvalue weighted by Gasteiger charge is 2.33. The Labute approximate surface area is 174 Å². The van der Waals surface area contributed by atoms with Crippen molar-refractivity contribution in [1.82, 2.24) is 9.21 Å². The van der Waals surface area contributed by atoms with Gasteiger partial charge in [-0.05, 0) is 30.2 Å². The molecule has 9 heteroatoms. The van der Waals surface area contributed by atoms with Crippen LogP contribution < -0.4 is 4.90 Å². The minimum Gasteiger partial charge on any atom is -0.312 e. The number of carbonyl (C=O) groups excluding carboxylic acids is 1. The van der Waals surface area contributed by atoms with Gasteiger partial charge in [-0.25, -0.2) is 17.2 Å². The van der Waals surface area contributed by atoms with Crippen molar-refractivity contribution in [2.45, 2.75) is 17.7 Å². The van der Waals surface area contributed by atoms with Crippen LogP contribution in [-0.4, -0.2) is 62.8 Å². The number of benzene rings is 2. The maximum Gasteiger partial charge on any atom is 0.249 e. The van der Waals surface area contributed by atoms with Gasteiger partial charge in [0.05, 0.1) is 0 Å². The zero-order valence-electron chi connectivity index (χ0n) is 16.4. The second kappa shape index (κ2) is 8.41. The minimum absolute atomic E-state index is 0.0448. The Balaban J connectivity index is 1.33. The lowest BCUT2D eigenvalue weighted by Gasteiger charge is -2.34. The molecule has 30 heavy (non-hydrogen) atoms. The number of para-hydroxylation sites is 1. The summed E-state index contributed by atoms with van der Waals surface area (Å²) in [5.41, 5.74) is 2.13. The normalized spacial score (nSPS) is 17.9. The van der Waals surface area contributed by atoms with Crippen LogP contribution in [0, 0.1) is 11.6 Å². The van der Waals surface area contributed by atoms with Gasteiger partial charge in [0.2, 0.25) is 15.9 Å². The van der Waals surface area contributed by atoms with Crippen molar-refractivity contribution in [2.24, 2.45) is 0 Å². The van der Waals surface area contributed by atoms with Crippen LogP contribution in [0.5, 0.6) is 0 Å². The molecule has 0 atom stereocenters. The molecule has 1 amide bonds. The van der Waals surface area contributed by atoms with Crippen molar-refractivity contribution < 1.29 is 22.0 Å². The van der Waals surface area contributed by atoms with E-state index >= 15 is 0 Å². The van der Waals surface area contributed by atoms with E-state index in [0.29, 0.717) is 32.6 Å². The quantitative estimate of drug-likeness (QED) is 0.723. The molecular formula is C21H23F2N3O3S. The summed E-state index contributed by atoms with van der Waals surface area (Å²) < 4.78 is 54.3. The second-order valence-electron chi connectivity index (χ2n) is 7.47. The molecule has 4 rings (SSSR count). The molecule has 0 unspecified atom stereocenters. The molecule has 2 aromatic carbocycles. The van der Waals surface area contributed by atoms with E-state index < -0.39 is 26.6 Å². The third kappa shape index (κ3) is 3.97. The molecule has 2 aromatic rings. The molecule has 0 aromatic heterocycles. The number of piperazine rings is 1. The Morgan fingerprint density at radius 3 is 2.27 bits per heavy atom. The van der Waals surface area contributed by atoms with Crippen LogP contribution in [0.3, 0.4) is 0 Å². The van der Waals surface area contributed by atoms with Gasteiger partial charge < -0.3 is 9.80 Å². The van der Waals surface area contributed by atoms with Gasteiger partial charge in [0, 0.05) is 51.4 Å². The average Bonchev–Trinajstić information content (AvgIpc) is 3.16. The lowest BCUT2D eigenvalue weighted by atomic mass is 10.2. The molecule has 1 saturated heterocycles. The fourth-order valence-electron chi connectivity index (χ4n) is 4.04. The second-order valence-corrected chi connectivity index (χ2v) is 9.35. The van der Waals surface area contributed by atoms with Crippen LogP contribution in [-0.2, 0) is 21.2 Å². The molecule has 0 spiro atoms. The van der Waals surface area contributed by atoms with Crippen molar-refractivity contribution >= 4 is 21.6 Å². The third-order valence-electron chi connectivity index (χ3n) is 5.68. The summed E-state index contributed by atoms with van der Waals surface area (Å²) in [5.74, 6) is -2.13. The number of rotatable bonds is 5.